The minimum absolute atomic E-state index is 0.286. The first kappa shape index (κ1) is 16.0. The molecule has 2 rings (SSSR count). The van der Waals surface area contributed by atoms with Gasteiger partial charge in [0.05, 0.1) is 0 Å². The van der Waals surface area contributed by atoms with Crippen molar-refractivity contribution in [1.29, 1.82) is 0 Å². The van der Waals surface area contributed by atoms with Crippen molar-refractivity contribution in [3.8, 4) is 0 Å². The lowest BCUT2D eigenvalue weighted by Gasteiger charge is -2.40. The van der Waals surface area contributed by atoms with E-state index in [4.69, 9.17) is 0 Å². The summed E-state index contributed by atoms with van der Waals surface area (Å²) in [5, 5.41) is 3.75. The zero-order chi connectivity index (χ0) is 15.2. The van der Waals surface area contributed by atoms with Crippen LogP contribution in [0.5, 0.6) is 0 Å². The third-order valence-electron chi connectivity index (χ3n) is 4.58. The molecule has 116 valence electrons. The van der Waals surface area contributed by atoms with Gasteiger partial charge >= 0.3 is 0 Å². The van der Waals surface area contributed by atoms with Crippen LogP contribution < -0.4 is 5.32 Å². The predicted molar refractivity (Wildman–Crippen MR) is 84.8 cm³/mol. The molecule has 1 saturated heterocycles. The van der Waals surface area contributed by atoms with E-state index in [9.17, 15) is 4.79 Å². The molecule has 1 aromatic heterocycles. The van der Waals surface area contributed by atoms with Crippen molar-refractivity contribution < 1.29 is 4.79 Å². The van der Waals surface area contributed by atoms with Gasteiger partial charge in [-0.15, -0.1) is 0 Å². The van der Waals surface area contributed by atoms with E-state index < -0.39 is 0 Å². The van der Waals surface area contributed by atoms with Gasteiger partial charge in [-0.05, 0) is 37.0 Å². The summed E-state index contributed by atoms with van der Waals surface area (Å²) < 4.78 is 0. The summed E-state index contributed by atoms with van der Waals surface area (Å²) in [5.41, 5.74) is 1.27. The molecule has 0 radical (unpaired) electrons. The Hall–Kier alpha value is -1.42. The number of piperidine rings is 1. The summed E-state index contributed by atoms with van der Waals surface area (Å²) in [5.74, 6) is 0.826. The Kier molecular flexibility index (Phi) is 5.74. The second kappa shape index (κ2) is 7.55. The summed E-state index contributed by atoms with van der Waals surface area (Å²) in [6.45, 7) is 8.13. The van der Waals surface area contributed by atoms with Crippen LogP contribution in [0.25, 0.3) is 0 Å². The molecular formula is C17H27N3O. The average Bonchev–Trinajstić information content (AvgIpc) is 2.55. The average molecular weight is 289 g/mol. The maximum absolute atomic E-state index is 11.9. The van der Waals surface area contributed by atoms with Gasteiger partial charge in [0.15, 0.2) is 0 Å². The van der Waals surface area contributed by atoms with Gasteiger partial charge in [0.1, 0.15) is 0 Å². The first-order valence-electron chi connectivity index (χ1n) is 8.09. The van der Waals surface area contributed by atoms with Gasteiger partial charge in [-0.3, -0.25) is 9.78 Å². The number of hydrogen-bond donors (Lipinski definition) is 1. The van der Waals surface area contributed by atoms with Gasteiger partial charge in [-0.2, -0.15) is 0 Å². The van der Waals surface area contributed by atoms with Crippen LogP contribution >= 0.6 is 0 Å². The lowest BCUT2D eigenvalue weighted by Crippen LogP contribution is -2.51. The Morgan fingerprint density at radius 2 is 2.14 bits per heavy atom. The number of nitrogens with one attached hydrogen (secondary N) is 1. The van der Waals surface area contributed by atoms with Crippen LogP contribution in [-0.2, 0) is 4.79 Å². The number of nitrogens with zero attached hydrogens (tertiary/aromatic N) is 2. The number of pyridine rings is 1. The highest BCUT2D eigenvalue weighted by molar-refractivity contribution is 5.75. The zero-order valence-corrected chi connectivity index (χ0v) is 13.4. The number of amides is 1. The molecule has 21 heavy (non-hydrogen) atoms. The van der Waals surface area contributed by atoms with E-state index in [1.807, 2.05) is 24.2 Å². The highest BCUT2D eigenvalue weighted by Crippen LogP contribution is 2.23. The number of hydrogen-bond acceptors (Lipinski definition) is 3. The van der Waals surface area contributed by atoms with E-state index in [1.54, 1.807) is 0 Å². The molecule has 4 heteroatoms. The minimum Gasteiger partial charge on any atom is -0.342 e. The molecule has 1 aliphatic rings. The zero-order valence-electron chi connectivity index (χ0n) is 13.4. The van der Waals surface area contributed by atoms with Gasteiger partial charge in [-0.1, -0.05) is 20.3 Å². The summed E-state index contributed by atoms with van der Waals surface area (Å²) in [6.07, 6.45) is 6.44. The number of likely N-dealkylation sites (tertiary alicyclic amines) is 1. The Bertz CT molecular complexity index is 449. The summed E-state index contributed by atoms with van der Waals surface area (Å²) in [6, 6.07) is 4.93. The molecule has 2 heterocycles. The minimum atomic E-state index is 0.286. The lowest BCUT2D eigenvalue weighted by molar-refractivity contribution is -0.133. The Balaban J connectivity index is 1.96. The van der Waals surface area contributed by atoms with Crippen molar-refractivity contribution in [1.82, 2.24) is 15.2 Å². The molecule has 0 aromatic carbocycles. The van der Waals surface area contributed by atoms with Crippen LogP contribution in [-0.4, -0.2) is 34.9 Å². The molecule has 1 aromatic rings. The molecule has 1 fully saturated rings. The van der Waals surface area contributed by atoms with Gasteiger partial charge in [0.25, 0.3) is 0 Å². The van der Waals surface area contributed by atoms with Crippen LogP contribution in [0.2, 0.25) is 0 Å². The fraction of sp³-hybridized carbons (Fsp3) is 0.647. The summed E-state index contributed by atoms with van der Waals surface area (Å²) >= 11 is 0. The topological polar surface area (TPSA) is 45.2 Å². The van der Waals surface area contributed by atoms with E-state index in [2.05, 4.69) is 36.3 Å². The van der Waals surface area contributed by atoms with Gasteiger partial charge < -0.3 is 10.2 Å². The molecule has 0 spiro atoms. The van der Waals surface area contributed by atoms with Crippen LogP contribution in [0.3, 0.4) is 0 Å². The van der Waals surface area contributed by atoms with Crippen molar-refractivity contribution in [2.24, 2.45) is 5.92 Å². The monoisotopic (exact) mass is 289 g/mol. The fourth-order valence-electron chi connectivity index (χ4n) is 3.18. The molecule has 0 bridgehead atoms. The third-order valence-corrected chi connectivity index (χ3v) is 4.58. The number of carbonyl (C=O) groups excluding carboxylic acids is 1. The van der Waals surface area contributed by atoms with Crippen molar-refractivity contribution in [3.05, 3.63) is 30.1 Å². The second-order valence-corrected chi connectivity index (χ2v) is 5.93. The van der Waals surface area contributed by atoms with Gasteiger partial charge in [0.2, 0.25) is 5.91 Å². The molecular weight excluding hydrogens is 262 g/mol. The molecule has 1 N–H and O–H groups in total. The molecule has 0 unspecified atom stereocenters. The smallest absolute Gasteiger partial charge is 0.222 e. The Labute approximate surface area is 127 Å². The van der Waals surface area contributed by atoms with Crippen molar-refractivity contribution in [2.75, 3.05) is 13.1 Å². The van der Waals surface area contributed by atoms with Crippen LogP contribution in [0.4, 0.5) is 0 Å². The van der Waals surface area contributed by atoms with Gasteiger partial charge in [-0.25, -0.2) is 0 Å². The first-order chi connectivity index (χ1) is 10.2. The Morgan fingerprint density at radius 1 is 1.43 bits per heavy atom. The summed E-state index contributed by atoms with van der Waals surface area (Å²) in [7, 11) is 0. The molecule has 1 aliphatic heterocycles. The lowest BCUT2D eigenvalue weighted by atomic mass is 9.88. The largest absolute Gasteiger partial charge is 0.342 e. The standard InChI is InChI=1S/C17H27N3O/c1-4-14-12-20(17(21)5-2)11-8-16(14)19-13(3)15-6-9-18-10-7-15/h6-7,9-10,13-14,16,19H,4-5,8,11-12H2,1-3H3/t13-,14+,16-/m0/s1. The van der Waals surface area contributed by atoms with E-state index in [-0.39, 0.29) is 5.91 Å². The molecule has 3 atom stereocenters. The Morgan fingerprint density at radius 3 is 2.76 bits per heavy atom. The molecule has 0 saturated carbocycles. The number of carbonyl (C=O) groups is 1. The van der Waals surface area contributed by atoms with Gasteiger partial charge in [0, 0.05) is 44.0 Å². The molecule has 4 nitrogen and oxygen atoms in total. The normalized spacial score (nSPS) is 23.9. The van der Waals surface area contributed by atoms with Crippen molar-refractivity contribution in [2.45, 2.75) is 52.1 Å². The maximum atomic E-state index is 11.9. The predicted octanol–water partition coefficient (Wildman–Crippen LogP) is 2.77. The summed E-state index contributed by atoms with van der Waals surface area (Å²) in [4.78, 5) is 18.0. The third kappa shape index (κ3) is 4.03. The number of aromatic nitrogens is 1. The first-order valence-corrected chi connectivity index (χ1v) is 8.09. The van der Waals surface area contributed by atoms with Crippen LogP contribution in [0.1, 0.15) is 51.6 Å². The molecule has 1 amide bonds. The maximum Gasteiger partial charge on any atom is 0.222 e. The highest BCUT2D eigenvalue weighted by atomic mass is 16.2. The fourth-order valence-corrected chi connectivity index (χ4v) is 3.18. The quantitative estimate of drug-likeness (QED) is 0.906. The van der Waals surface area contributed by atoms with Crippen molar-refractivity contribution in [3.63, 3.8) is 0 Å². The molecule has 0 aliphatic carbocycles. The highest BCUT2D eigenvalue weighted by Gasteiger charge is 2.30. The van der Waals surface area contributed by atoms with E-state index in [0.717, 1.165) is 25.9 Å². The van der Waals surface area contributed by atoms with Crippen LogP contribution in [0, 0.1) is 5.92 Å². The van der Waals surface area contributed by atoms with E-state index in [0.29, 0.717) is 24.4 Å². The SMILES string of the molecule is CCC(=O)N1CC[C@H](N[C@@H](C)c2ccncc2)[C@H](CC)C1. The number of rotatable bonds is 5. The van der Waals surface area contributed by atoms with E-state index in [1.165, 1.54) is 5.56 Å². The van der Waals surface area contributed by atoms with Crippen LogP contribution in [0.15, 0.2) is 24.5 Å². The van der Waals surface area contributed by atoms with E-state index >= 15 is 0 Å². The second-order valence-electron chi connectivity index (χ2n) is 5.93. The van der Waals surface area contributed by atoms with Crippen molar-refractivity contribution >= 4 is 5.91 Å².